The number of rotatable bonds is 7. The molecule has 1 aliphatic rings. The van der Waals surface area contributed by atoms with E-state index in [1.165, 1.54) is 6.42 Å². The van der Waals surface area contributed by atoms with Gasteiger partial charge in [-0.05, 0) is 30.7 Å². The predicted molar refractivity (Wildman–Crippen MR) is 103 cm³/mol. The first kappa shape index (κ1) is 20.3. The van der Waals surface area contributed by atoms with Crippen LogP contribution in [0.4, 0.5) is 4.79 Å². The van der Waals surface area contributed by atoms with Crippen molar-refractivity contribution >= 4 is 6.03 Å². The quantitative estimate of drug-likeness (QED) is 0.426. The summed E-state index contributed by atoms with van der Waals surface area (Å²) >= 11 is 0. The number of carbonyl (C=O) groups is 1. The Labute approximate surface area is 157 Å². The van der Waals surface area contributed by atoms with Crippen molar-refractivity contribution < 1.29 is 14.3 Å². The molecule has 1 fully saturated rings. The lowest BCUT2D eigenvalue weighted by Gasteiger charge is -2.24. The zero-order chi connectivity index (χ0) is 19.0. The molecule has 0 heterocycles. The molecule has 0 aromatic heterocycles. The number of hydrogen-bond donors (Lipinski definition) is 2. The van der Waals surface area contributed by atoms with Gasteiger partial charge in [-0.15, -0.1) is 0 Å². The number of amides is 2. The number of allylic oxidation sites excluding steroid dienone is 1. The SMILES string of the molecule is C[C@H]1CCC(NC(=O)N/C(=C\OCOCc2ccccc2)C(C)(C)C)C1. The minimum atomic E-state index is -0.236. The topological polar surface area (TPSA) is 59.6 Å². The van der Waals surface area contributed by atoms with Gasteiger partial charge in [-0.2, -0.15) is 0 Å². The summed E-state index contributed by atoms with van der Waals surface area (Å²) in [5.74, 6) is 0.683. The first-order valence-corrected chi connectivity index (χ1v) is 9.36. The second kappa shape index (κ2) is 9.62. The molecule has 26 heavy (non-hydrogen) atoms. The summed E-state index contributed by atoms with van der Waals surface area (Å²) in [6.45, 7) is 8.95. The molecule has 1 unspecified atom stereocenters. The van der Waals surface area contributed by atoms with Crippen LogP contribution in [0.5, 0.6) is 0 Å². The minimum Gasteiger partial charge on any atom is -0.473 e. The van der Waals surface area contributed by atoms with Gasteiger partial charge in [0.25, 0.3) is 0 Å². The van der Waals surface area contributed by atoms with E-state index >= 15 is 0 Å². The highest BCUT2D eigenvalue weighted by atomic mass is 16.7. The molecule has 1 aromatic rings. The van der Waals surface area contributed by atoms with Crippen molar-refractivity contribution in [3.8, 4) is 0 Å². The lowest BCUT2D eigenvalue weighted by molar-refractivity contribution is -0.0223. The van der Waals surface area contributed by atoms with Gasteiger partial charge in [0.05, 0.1) is 12.3 Å². The molecule has 0 radical (unpaired) electrons. The Morgan fingerprint density at radius 2 is 1.96 bits per heavy atom. The van der Waals surface area contributed by atoms with E-state index in [1.807, 2.05) is 51.1 Å². The maximum Gasteiger partial charge on any atom is 0.319 e. The van der Waals surface area contributed by atoms with Crippen LogP contribution in [0.25, 0.3) is 0 Å². The van der Waals surface area contributed by atoms with Crippen LogP contribution >= 0.6 is 0 Å². The fraction of sp³-hybridized carbons (Fsp3) is 0.571. The lowest BCUT2D eigenvalue weighted by Crippen LogP contribution is -2.42. The van der Waals surface area contributed by atoms with Crippen molar-refractivity contribution in [3.63, 3.8) is 0 Å². The molecule has 1 aliphatic carbocycles. The van der Waals surface area contributed by atoms with Gasteiger partial charge in [0.2, 0.25) is 0 Å². The predicted octanol–water partition coefficient (Wildman–Crippen LogP) is 4.55. The fourth-order valence-corrected chi connectivity index (χ4v) is 2.97. The zero-order valence-electron chi connectivity index (χ0n) is 16.4. The molecular formula is C21H32N2O3. The molecule has 2 amide bonds. The Bertz CT molecular complexity index is 593. The van der Waals surface area contributed by atoms with E-state index in [9.17, 15) is 4.79 Å². The van der Waals surface area contributed by atoms with Gasteiger partial charge in [0.1, 0.15) is 6.26 Å². The van der Waals surface area contributed by atoms with E-state index in [0.717, 1.165) is 24.1 Å². The monoisotopic (exact) mass is 360 g/mol. The number of ether oxygens (including phenoxy) is 2. The average molecular weight is 360 g/mol. The fourth-order valence-electron chi connectivity index (χ4n) is 2.97. The van der Waals surface area contributed by atoms with E-state index in [2.05, 4.69) is 17.6 Å². The first-order valence-electron chi connectivity index (χ1n) is 9.36. The van der Waals surface area contributed by atoms with Crippen LogP contribution in [-0.4, -0.2) is 18.9 Å². The van der Waals surface area contributed by atoms with Gasteiger partial charge < -0.3 is 20.1 Å². The molecule has 0 saturated heterocycles. The summed E-state index contributed by atoms with van der Waals surface area (Å²) in [7, 11) is 0. The Morgan fingerprint density at radius 1 is 1.23 bits per heavy atom. The highest BCUT2D eigenvalue weighted by Gasteiger charge is 2.25. The Balaban J connectivity index is 1.78. The molecule has 144 valence electrons. The zero-order valence-corrected chi connectivity index (χ0v) is 16.4. The Morgan fingerprint density at radius 3 is 2.58 bits per heavy atom. The van der Waals surface area contributed by atoms with Crippen LogP contribution in [0, 0.1) is 11.3 Å². The molecule has 2 rings (SSSR count). The van der Waals surface area contributed by atoms with Gasteiger partial charge in [-0.1, -0.05) is 58.0 Å². The highest BCUT2D eigenvalue weighted by Crippen LogP contribution is 2.25. The molecule has 0 spiro atoms. The molecule has 0 aliphatic heterocycles. The van der Waals surface area contributed by atoms with Crippen molar-refractivity contribution in [1.29, 1.82) is 0 Å². The van der Waals surface area contributed by atoms with Crippen LogP contribution in [0.1, 0.15) is 52.5 Å². The summed E-state index contributed by atoms with van der Waals surface area (Å²) in [5.41, 5.74) is 1.59. The first-order chi connectivity index (χ1) is 12.3. The van der Waals surface area contributed by atoms with Gasteiger partial charge >= 0.3 is 6.03 Å². The smallest absolute Gasteiger partial charge is 0.319 e. The molecule has 5 heteroatoms. The van der Waals surface area contributed by atoms with Crippen LogP contribution in [-0.2, 0) is 16.1 Å². The Hall–Kier alpha value is -2.01. The average Bonchev–Trinajstić information content (AvgIpc) is 2.98. The van der Waals surface area contributed by atoms with Crippen LogP contribution in [0.2, 0.25) is 0 Å². The van der Waals surface area contributed by atoms with Gasteiger partial charge in [-0.3, -0.25) is 0 Å². The molecule has 5 nitrogen and oxygen atoms in total. The highest BCUT2D eigenvalue weighted by molar-refractivity contribution is 5.76. The van der Waals surface area contributed by atoms with Crippen LogP contribution in [0.15, 0.2) is 42.3 Å². The van der Waals surface area contributed by atoms with Crippen LogP contribution in [0.3, 0.4) is 0 Å². The van der Waals surface area contributed by atoms with E-state index in [4.69, 9.17) is 9.47 Å². The standard InChI is InChI=1S/C21H32N2O3/c1-16-10-11-18(12-16)22-20(24)23-19(21(2,3)4)14-26-15-25-13-17-8-6-5-7-9-17/h5-9,14,16,18H,10-13,15H2,1-4H3,(H2,22,23,24)/b19-14-/t16-,18?/m0/s1. The summed E-state index contributed by atoms with van der Waals surface area (Å²) in [6.07, 6.45) is 4.86. The third-order valence-electron chi connectivity index (χ3n) is 4.55. The van der Waals surface area contributed by atoms with Gasteiger partial charge in [0, 0.05) is 11.5 Å². The molecule has 2 atom stereocenters. The van der Waals surface area contributed by atoms with E-state index in [-0.39, 0.29) is 24.3 Å². The second-order valence-electron chi connectivity index (χ2n) is 8.11. The number of nitrogens with one attached hydrogen (secondary N) is 2. The summed E-state index contributed by atoms with van der Waals surface area (Å²) < 4.78 is 11.0. The molecule has 1 aromatic carbocycles. The Kier molecular flexibility index (Phi) is 7.51. The van der Waals surface area contributed by atoms with E-state index < -0.39 is 0 Å². The number of carbonyl (C=O) groups excluding carboxylic acids is 1. The third-order valence-corrected chi connectivity index (χ3v) is 4.55. The molecule has 0 bridgehead atoms. The third kappa shape index (κ3) is 7.08. The largest absolute Gasteiger partial charge is 0.473 e. The van der Waals surface area contributed by atoms with Gasteiger partial charge in [0.15, 0.2) is 6.79 Å². The van der Waals surface area contributed by atoms with Crippen molar-refractivity contribution in [1.82, 2.24) is 10.6 Å². The molecule has 1 saturated carbocycles. The second-order valence-corrected chi connectivity index (χ2v) is 8.11. The summed E-state index contributed by atoms with van der Waals surface area (Å²) in [4.78, 5) is 12.3. The molecule has 2 N–H and O–H groups in total. The number of hydrogen-bond acceptors (Lipinski definition) is 3. The van der Waals surface area contributed by atoms with Crippen molar-refractivity contribution in [2.45, 2.75) is 59.6 Å². The van der Waals surface area contributed by atoms with Crippen molar-refractivity contribution in [2.75, 3.05) is 6.79 Å². The maximum absolute atomic E-state index is 12.3. The van der Waals surface area contributed by atoms with E-state index in [0.29, 0.717) is 12.5 Å². The maximum atomic E-state index is 12.3. The lowest BCUT2D eigenvalue weighted by atomic mass is 9.93. The van der Waals surface area contributed by atoms with E-state index in [1.54, 1.807) is 6.26 Å². The summed E-state index contributed by atoms with van der Waals surface area (Å²) in [6, 6.07) is 10.0. The minimum absolute atomic E-state index is 0.137. The van der Waals surface area contributed by atoms with Crippen molar-refractivity contribution in [2.24, 2.45) is 11.3 Å². The number of urea groups is 1. The van der Waals surface area contributed by atoms with Gasteiger partial charge in [-0.25, -0.2) is 4.79 Å². The molecular weight excluding hydrogens is 328 g/mol. The van der Waals surface area contributed by atoms with Crippen molar-refractivity contribution in [3.05, 3.63) is 47.9 Å². The number of benzene rings is 1. The summed E-state index contributed by atoms with van der Waals surface area (Å²) in [5, 5.41) is 6.00. The van der Waals surface area contributed by atoms with Crippen LogP contribution < -0.4 is 10.6 Å². The normalized spacial score (nSPS) is 20.7.